The minimum Gasteiger partial charge on any atom is -0.390 e. The fraction of sp³-hybridized carbons (Fsp3) is 0.333. The van der Waals surface area contributed by atoms with Crippen LogP contribution in [0.1, 0.15) is 18.0 Å². The van der Waals surface area contributed by atoms with Gasteiger partial charge >= 0.3 is 0 Å². The Morgan fingerprint density at radius 2 is 2.00 bits per heavy atom. The van der Waals surface area contributed by atoms with E-state index in [9.17, 15) is 10.2 Å². The van der Waals surface area contributed by atoms with E-state index in [4.69, 9.17) is 17.4 Å². The Kier molecular flexibility index (Phi) is 4.44. The van der Waals surface area contributed by atoms with Crippen LogP contribution in [0, 0.1) is 5.92 Å². The molecule has 2 aromatic heterocycles. The van der Waals surface area contributed by atoms with E-state index in [1.807, 2.05) is 41.1 Å². The Morgan fingerprint density at radius 1 is 1.23 bits per heavy atom. The number of fused-ring (bicyclic) bond motifs is 1. The molecule has 5 N–H and O–H groups in total. The van der Waals surface area contributed by atoms with Crippen LogP contribution < -0.4 is 11.3 Å². The third-order valence-corrected chi connectivity index (χ3v) is 5.46. The van der Waals surface area contributed by atoms with Gasteiger partial charge in [0.15, 0.2) is 5.49 Å². The van der Waals surface area contributed by atoms with Crippen LogP contribution in [0.15, 0.2) is 48.0 Å². The van der Waals surface area contributed by atoms with Crippen LogP contribution in [0.5, 0.6) is 0 Å². The number of aliphatic hydroxyl groups excluding tert-OH is 2. The molecule has 0 spiro atoms. The summed E-state index contributed by atoms with van der Waals surface area (Å²) in [7, 11) is 0. The summed E-state index contributed by atoms with van der Waals surface area (Å²) in [6, 6.07) is 9.19. The van der Waals surface area contributed by atoms with Crippen LogP contribution >= 0.6 is 11.6 Å². The van der Waals surface area contributed by atoms with Crippen molar-refractivity contribution in [2.75, 3.05) is 0 Å². The average Bonchev–Trinajstić information content (AvgIpc) is 3.20. The van der Waals surface area contributed by atoms with Crippen LogP contribution in [0.3, 0.4) is 0 Å². The summed E-state index contributed by atoms with van der Waals surface area (Å²) in [5.74, 6) is 5.34. The highest BCUT2D eigenvalue weighted by atomic mass is 35.5. The number of H-pyrrole nitrogens is 1. The van der Waals surface area contributed by atoms with E-state index in [-0.39, 0.29) is 12.0 Å². The second-order valence-electron chi connectivity index (χ2n) is 6.72. The van der Waals surface area contributed by atoms with Gasteiger partial charge in [-0.2, -0.15) is 5.10 Å². The zero-order chi connectivity index (χ0) is 18.3. The molecule has 0 unspecified atom stereocenters. The van der Waals surface area contributed by atoms with Crippen molar-refractivity contribution in [2.45, 2.75) is 31.1 Å². The molecule has 7 nitrogen and oxygen atoms in total. The molecular formula is C18H20ClN5O2. The van der Waals surface area contributed by atoms with Crippen molar-refractivity contribution in [3.05, 3.63) is 58.9 Å². The lowest BCUT2D eigenvalue weighted by atomic mass is 9.96. The maximum atomic E-state index is 10.6. The lowest BCUT2D eigenvalue weighted by Crippen LogP contribution is -2.30. The summed E-state index contributed by atoms with van der Waals surface area (Å²) in [5.41, 5.74) is 2.29. The molecule has 3 aromatic rings. The molecule has 136 valence electrons. The third-order valence-electron chi connectivity index (χ3n) is 5.21. The van der Waals surface area contributed by atoms with Gasteiger partial charge in [0.25, 0.3) is 0 Å². The van der Waals surface area contributed by atoms with Gasteiger partial charge in [-0.05, 0) is 42.5 Å². The van der Waals surface area contributed by atoms with Gasteiger partial charge in [-0.3, -0.25) is 0 Å². The van der Waals surface area contributed by atoms with E-state index < -0.39 is 12.2 Å². The number of nitrogens with one attached hydrogen (secondary N) is 1. The number of aliphatic hydroxyl groups is 2. The number of hydrogen-bond acceptors (Lipinski definition) is 5. The summed E-state index contributed by atoms with van der Waals surface area (Å²) in [5, 5.41) is 26.3. The largest absolute Gasteiger partial charge is 0.390 e. The van der Waals surface area contributed by atoms with Crippen molar-refractivity contribution in [1.82, 2.24) is 14.5 Å². The van der Waals surface area contributed by atoms with Crippen molar-refractivity contribution >= 4 is 22.6 Å². The van der Waals surface area contributed by atoms with E-state index in [1.165, 1.54) is 6.33 Å². The van der Waals surface area contributed by atoms with Crippen molar-refractivity contribution < 1.29 is 10.2 Å². The number of aromatic nitrogens is 3. The lowest BCUT2D eigenvalue weighted by molar-refractivity contribution is 0.00683. The van der Waals surface area contributed by atoms with Gasteiger partial charge in [-0.15, -0.1) is 0 Å². The molecule has 2 heterocycles. The molecule has 8 heteroatoms. The van der Waals surface area contributed by atoms with Gasteiger partial charge in [0.2, 0.25) is 0 Å². The van der Waals surface area contributed by atoms with Gasteiger partial charge in [0.1, 0.15) is 11.8 Å². The first-order valence-corrected chi connectivity index (χ1v) is 8.85. The third kappa shape index (κ3) is 2.88. The standard InChI is InChI=1S/C18H20ClN5O2/c19-12-3-1-10(2-4-12)7-11-8-14(16(26)15(11)25)24-6-5-13-17(23-20)21-9-22-18(13)24/h1-6,9,11,14-16,25-26H,7-8,20H2,(H,21,22,23)/t11-,14+,15+,16-/m0/s1. The van der Waals surface area contributed by atoms with E-state index >= 15 is 0 Å². The van der Waals surface area contributed by atoms with Gasteiger partial charge in [-0.1, -0.05) is 23.7 Å². The molecule has 0 radical (unpaired) electrons. The zero-order valence-electron chi connectivity index (χ0n) is 14.0. The van der Waals surface area contributed by atoms with E-state index in [2.05, 4.69) is 15.1 Å². The first-order valence-electron chi connectivity index (χ1n) is 8.47. The van der Waals surface area contributed by atoms with Crippen LogP contribution in [0.4, 0.5) is 0 Å². The van der Waals surface area contributed by atoms with Gasteiger partial charge in [0, 0.05) is 11.2 Å². The molecule has 1 aliphatic rings. The topological polar surface area (TPSA) is 112 Å². The second-order valence-corrected chi connectivity index (χ2v) is 7.15. The van der Waals surface area contributed by atoms with Crippen LogP contribution in [-0.4, -0.2) is 37.0 Å². The number of halogens is 1. The minimum atomic E-state index is -0.859. The first kappa shape index (κ1) is 17.1. The Labute approximate surface area is 154 Å². The van der Waals surface area contributed by atoms with Crippen LogP contribution in [-0.2, 0) is 6.42 Å². The molecule has 4 atom stereocenters. The predicted octanol–water partition coefficient (Wildman–Crippen LogP) is 1.32. The van der Waals surface area contributed by atoms with E-state index in [1.54, 1.807) is 0 Å². The number of aromatic amines is 1. The number of benzene rings is 1. The maximum absolute atomic E-state index is 10.6. The molecule has 0 saturated heterocycles. The average molecular weight is 374 g/mol. The summed E-state index contributed by atoms with van der Waals surface area (Å²) in [6.45, 7) is 0. The van der Waals surface area contributed by atoms with Crippen molar-refractivity contribution in [1.29, 1.82) is 0 Å². The van der Waals surface area contributed by atoms with E-state index in [0.29, 0.717) is 23.4 Å². The summed E-state index contributed by atoms with van der Waals surface area (Å²) >= 11 is 5.93. The number of rotatable bonds is 3. The van der Waals surface area contributed by atoms with Gasteiger partial charge in [0.05, 0.1) is 23.9 Å². The monoisotopic (exact) mass is 373 g/mol. The number of nitrogens with zero attached hydrogens (tertiary/aromatic N) is 3. The quantitative estimate of drug-likeness (QED) is 0.409. The normalized spacial score (nSPS) is 26.7. The highest BCUT2D eigenvalue weighted by Crippen LogP contribution is 2.38. The first-order chi connectivity index (χ1) is 12.6. The highest BCUT2D eigenvalue weighted by molar-refractivity contribution is 6.30. The Hall–Kier alpha value is -2.35. The number of nitrogens with two attached hydrogens (primary N) is 1. The van der Waals surface area contributed by atoms with Crippen LogP contribution in [0.2, 0.25) is 5.02 Å². The summed E-state index contributed by atoms with van der Waals surface area (Å²) in [4.78, 5) is 7.18. The summed E-state index contributed by atoms with van der Waals surface area (Å²) < 4.78 is 1.93. The lowest BCUT2D eigenvalue weighted by Gasteiger charge is -2.19. The maximum Gasteiger partial charge on any atom is 0.183 e. The number of hydrogen-bond donors (Lipinski definition) is 4. The van der Waals surface area contributed by atoms with E-state index in [0.717, 1.165) is 16.6 Å². The molecule has 26 heavy (non-hydrogen) atoms. The van der Waals surface area contributed by atoms with Gasteiger partial charge < -0.3 is 25.6 Å². The molecule has 1 aromatic carbocycles. The Bertz CT molecular complexity index is 981. The SMILES string of the molecule is N/N=c1/nc[nH]c2c1ccn2[C@@H]1C[C@H](Cc2ccc(Cl)cc2)[C@@H](O)[C@H]1O. The summed E-state index contributed by atoms with van der Waals surface area (Å²) in [6.07, 6.45) is 3.06. The zero-order valence-corrected chi connectivity index (χ0v) is 14.7. The molecule has 0 amide bonds. The smallest absolute Gasteiger partial charge is 0.183 e. The highest BCUT2D eigenvalue weighted by Gasteiger charge is 2.42. The molecule has 1 aliphatic carbocycles. The fourth-order valence-corrected chi connectivity index (χ4v) is 4.01. The predicted molar refractivity (Wildman–Crippen MR) is 98.1 cm³/mol. The minimum absolute atomic E-state index is 0.0471. The van der Waals surface area contributed by atoms with Crippen LogP contribution in [0.25, 0.3) is 11.0 Å². The molecule has 4 rings (SSSR count). The Morgan fingerprint density at radius 3 is 2.73 bits per heavy atom. The molecule has 1 saturated carbocycles. The molecular weight excluding hydrogens is 354 g/mol. The van der Waals surface area contributed by atoms with Crippen molar-refractivity contribution in [2.24, 2.45) is 16.9 Å². The van der Waals surface area contributed by atoms with Crippen molar-refractivity contribution in [3.63, 3.8) is 0 Å². The molecule has 1 fully saturated rings. The fourth-order valence-electron chi connectivity index (χ4n) is 3.88. The van der Waals surface area contributed by atoms with Crippen molar-refractivity contribution in [3.8, 4) is 0 Å². The second kappa shape index (κ2) is 6.75. The molecule has 0 aliphatic heterocycles. The van der Waals surface area contributed by atoms with Gasteiger partial charge in [-0.25, -0.2) is 4.98 Å². The molecule has 0 bridgehead atoms. The Balaban J connectivity index is 1.63.